The van der Waals surface area contributed by atoms with Gasteiger partial charge in [-0.05, 0) is 80.1 Å². The summed E-state index contributed by atoms with van der Waals surface area (Å²) in [6, 6.07) is 12.7. The Balaban J connectivity index is 1.78. The maximum absolute atomic E-state index is 13.1. The molecule has 6 heteroatoms. The Kier molecular flexibility index (Phi) is 7.15. The second kappa shape index (κ2) is 9.90. The summed E-state index contributed by atoms with van der Waals surface area (Å²) in [7, 11) is 1.40. The summed E-state index contributed by atoms with van der Waals surface area (Å²) in [4.78, 5) is 27.2. The molecular formula is C27H28BrNO3S. The van der Waals surface area contributed by atoms with E-state index >= 15 is 0 Å². The predicted molar refractivity (Wildman–Crippen MR) is 136 cm³/mol. The minimum absolute atomic E-state index is 0.119. The van der Waals surface area contributed by atoms with Gasteiger partial charge in [0.25, 0.3) is 0 Å². The van der Waals surface area contributed by atoms with E-state index in [2.05, 4.69) is 59.4 Å². The van der Waals surface area contributed by atoms with Crippen LogP contribution in [0.3, 0.4) is 0 Å². The van der Waals surface area contributed by atoms with Crippen molar-refractivity contribution in [2.24, 2.45) is 0 Å². The maximum Gasteiger partial charge on any atom is 0.336 e. The van der Waals surface area contributed by atoms with Gasteiger partial charge in [0.1, 0.15) is 0 Å². The minimum Gasteiger partial charge on any atom is -0.466 e. The molecule has 0 bridgehead atoms. The van der Waals surface area contributed by atoms with Gasteiger partial charge in [-0.15, -0.1) is 11.8 Å². The molecule has 0 fully saturated rings. The molecule has 0 saturated heterocycles. The zero-order valence-corrected chi connectivity index (χ0v) is 21.8. The van der Waals surface area contributed by atoms with Crippen molar-refractivity contribution < 1.29 is 14.3 Å². The fourth-order valence-electron chi connectivity index (χ4n) is 4.75. The number of esters is 1. The zero-order chi connectivity index (χ0) is 23.7. The number of nitrogens with one attached hydrogen (secondary N) is 1. The first-order valence-corrected chi connectivity index (χ1v) is 12.9. The summed E-state index contributed by atoms with van der Waals surface area (Å²) in [5.41, 5.74) is 7.48. The van der Waals surface area contributed by atoms with E-state index in [9.17, 15) is 9.59 Å². The Hall–Kier alpha value is -2.31. The van der Waals surface area contributed by atoms with E-state index in [1.165, 1.54) is 23.1 Å². The molecule has 33 heavy (non-hydrogen) atoms. The first-order valence-electron chi connectivity index (χ1n) is 11.1. The lowest BCUT2D eigenvalue weighted by Gasteiger charge is -2.35. The van der Waals surface area contributed by atoms with Gasteiger partial charge in [0.05, 0.1) is 12.7 Å². The van der Waals surface area contributed by atoms with Crippen molar-refractivity contribution in [3.05, 3.63) is 85.7 Å². The van der Waals surface area contributed by atoms with E-state index in [-0.39, 0.29) is 11.8 Å². The SMILES string of the molecule is COC(=O)C1=C(C)NC2=C(C(=O)CCC2)[C@@H]1c1cc(CSc2ccc(Br)cc2)c(C)cc1C. The molecule has 2 aromatic carbocycles. The lowest BCUT2D eigenvalue weighted by molar-refractivity contribution is -0.136. The molecule has 0 amide bonds. The van der Waals surface area contributed by atoms with Crippen LogP contribution in [0.25, 0.3) is 0 Å². The van der Waals surface area contributed by atoms with Crippen LogP contribution >= 0.6 is 27.7 Å². The van der Waals surface area contributed by atoms with E-state index in [4.69, 9.17) is 4.74 Å². The fourth-order valence-corrected chi connectivity index (χ4v) is 5.98. The number of ketones is 1. The summed E-state index contributed by atoms with van der Waals surface area (Å²) < 4.78 is 6.22. The van der Waals surface area contributed by atoms with Gasteiger partial charge >= 0.3 is 5.97 Å². The molecule has 1 atom stereocenters. The number of thioether (sulfide) groups is 1. The minimum atomic E-state index is -0.404. The standard InChI is InChI=1S/C27H28BrNO3S/c1-15-12-16(2)21(13-18(15)14-33-20-10-8-19(28)9-11-20)25-24(27(31)32-4)17(3)29-22-6-5-7-23(30)26(22)25/h8-13,25,29H,5-7,14H2,1-4H3/t25-/m1/s1. The molecule has 172 valence electrons. The van der Waals surface area contributed by atoms with Gasteiger partial charge in [0.15, 0.2) is 5.78 Å². The first kappa shape index (κ1) is 23.8. The van der Waals surface area contributed by atoms with E-state index < -0.39 is 5.92 Å². The molecule has 0 unspecified atom stereocenters. The largest absolute Gasteiger partial charge is 0.466 e. The number of hydrogen-bond donors (Lipinski definition) is 1. The van der Waals surface area contributed by atoms with Crippen LogP contribution in [0.4, 0.5) is 0 Å². The average molecular weight is 526 g/mol. The van der Waals surface area contributed by atoms with Gasteiger partial charge in [-0.25, -0.2) is 4.79 Å². The van der Waals surface area contributed by atoms with Gasteiger partial charge in [-0.2, -0.15) is 0 Å². The topological polar surface area (TPSA) is 55.4 Å². The molecule has 0 spiro atoms. The second-order valence-corrected chi connectivity index (χ2v) is 10.6. The molecule has 1 aliphatic carbocycles. The van der Waals surface area contributed by atoms with Crippen molar-refractivity contribution in [3.63, 3.8) is 0 Å². The van der Waals surface area contributed by atoms with E-state index in [1.807, 2.05) is 19.1 Å². The van der Waals surface area contributed by atoms with Crippen molar-refractivity contribution in [1.29, 1.82) is 0 Å². The highest BCUT2D eigenvalue weighted by atomic mass is 79.9. The molecule has 4 rings (SSSR count). The number of hydrogen-bond acceptors (Lipinski definition) is 5. The van der Waals surface area contributed by atoms with Crippen LogP contribution in [-0.2, 0) is 20.1 Å². The number of carbonyl (C=O) groups excluding carboxylic acids is 2. The van der Waals surface area contributed by atoms with Crippen LogP contribution in [0.5, 0.6) is 0 Å². The number of halogens is 1. The first-order chi connectivity index (χ1) is 15.8. The molecular weight excluding hydrogens is 498 g/mol. The summed E-state index contributed by atoms with van der Waals surface area (Å²) in [6.45, 7) is 6.08. The number of Topliss-reactive ketones (excluding diaryl/α,β-unsaturated/α-hetero) is 1. The molecule has 1 aliphatic heterocycles. The number of rotatable bonds is 5. The quantitative estimate of drug-likeness (QED) is 0.356. The maximum atomic E-state index is 13.1. The number of methoxy groups -OCH3 is 1. The monoisotopic (exact) mass is 525 g/mol. The van der Waals surface area contributed by atoms with E-state index in [1.54, 1.807) is 11.8 Å². The van der Waals surface area contributed by atoms with Gasteiger partial charge in [0.2, 0.25) is 0 Å². The summed E-state index contributed by atoms with van der Waals surface area (Å²) >= 11 is 5.26. The number of benzene rings is 2. The van der Waals surface area contributed by atoms with Gasteiger partial charge in [0, 0.05) is 44.4 Å². The highest BCUT2D eigenvalue weighted by Gasteiger charge is 2.39. The molecule has 2 aliphatic rings. The summed E-state index contributed by atoms with van der Waals surface area (Å²) in [6.07, 6.45) is 2.17. The zero-order valence-electron chi connectivity index (χ0n) is 19.4. The highest BCUT2D eigenvalue weighted by molar-refractivity contribution is 9.10. The van der Waals surface area contributed by atoms with Crippen LogP contribution in [0.15, 0.2) is 68.3 Å². The van der Waals surface area contributed by atoms with Gasteiger partial charge < -0.3 is 10.1 Å². The highest BCUT2D eigenvalue weighted by Crippen LogP contribution is 2.44. The third-order valence-corrected chi connectivity index (χ3v) is 8.01. The van der Waals surface area contributed by atoms with E-state index in [0.29, 0.717) is 12.0 Å². The smallest absolute Gasteiger partial charge is 0.336 e. The molecule has 0 aromatic heterocycles. The van der Waals surface area contributed by atoms with Crippen LogP contribution in [0.2, 0.25) is 0 Å². The Morgan fingerprint density at radius 3 is 2.55 bits per heavy atom. The summed E-state index contributed by atoms with van der Waals surface area (Å²) in [5.74, 6) is 0.134. The Labute approximate surface area is 208 Å². The van der Waals surface area contributed by atoms with Crippen molar-refractivity contribution >= 4 is 39.4 Å². The van der Waals surface area contributed by atoms with Crippen molar-refractivity contribution in [1.82, 2.24) is 5.32 Å². The van der Waals surface area contributed by atoms with Crippen LogP contribution in [0, 0.1) is 13.8 Å². The lowest BCUT2D eigenvalue weighted by Crippen LogP contribution is -2.34. The van der Waals surface area contributed by atoms with Crippen LogP contribution in [-0.4, -0.2) is 18.9 Å². The van der Waals surface area contributed by atoms with Crippen molar-refractivity contribution in [2.45, 2.75) is 56.6 Å². The second-order valence-electron chi connectivity index (χ2n) is 8.64. The number of allylic oxidation sites excluding steroid dienone is 3. The third-order valence-electron chi connectivity index (χ3n) is 6.42. The number of aryl methyl sites for hydroxylation is 2. The lowest BCUT2D eigenvalue weighted by atomic mass is 9.73. The molecule has 2 aromatic rings. The van der Waals surface area contributed by atoms with Crippen molar-refractivity contribution in [2.75, 3.05) is 7.11 Å². The Morgan fingerprint density at radius 1 is 1.12 bits per heavy atom. The Bertz CT molecular complexity index is 1180. The molecule has 0 radical (unpaired) electrons. The molecule has 1 N–H and O–H groups in total. The number of carbonyl (C=O) groups is 2. The van der Waals surface area contributed by atoms with Gasteiger partial charge in [-0.1, -0.05) is 28.1 Å². The van der Waals surface area contributed by atoms with Gasteiger partial charge in [-0.3, -0.25) is 4.79 Å². The average Bonchev–Trinajstić information content (AvgIpc) is 2.78. The summed E-state index contributed by atoms with van der Waals surface area (Å²) in [5, 5.41) is 3.34. The third kappa shape index (κ3) is 4.82. The van der Waals surface area contributed by atoms with Crippen LogP contribution < -0.4 is 5.32 Å². The normalized spacial score (nSPS) is 18.2. The fraction of sp³-hybridized carbons (Fsp3) is 0.333. The number of dihydropyridines is 1. The molecule has 1 heterocycles. The molecule has 4 nitrogen and oxygen atoms in total. The Morgan fingerprint density at radius 2 is 1.85 bits per heavy atom. The molecule has 0 saturated carbocycles. The van der Waals surface area contributed by atoms with Crippen LogP contribution in [0.1, 0.15) is 54.4 Å². The number of ether oxygens (including phenoxy) is 1. The predicted octanol–water partition coefficient (Wildman–Crippen LogP) is 6.50. The van der Waals surface area contributed by atoms with E-state index in [0.717, 1.165) is 51.2 Å². The van der Waals surface area contributed by atoms with Crippen molar-refractivity contribution in [3.8, 4) is 0 Å².